The molecule has 1 saturated carbocycles. The molecule has 1 aliphatic carbocycles. The van der Waals surface area contributed by atoms with Gasteiger partial charge >= 0.3 is 0 Å². The van der Waals surface area contributed by atoms with Crippen LogP contribution < -0.4 is 10.6 Å². The van der Waals surface area contributed by atoms with Crippen LogP contribution in [0, 0.1) is 17.2 Å². The molecule has 2 N–H and O–H groups in total. The van der Waals surface area contributed by atoms with Crippen molar-refractivity contribution >= 4 is 23.5 Å². The number of thioether (sulfide) groups is 1. The summed E-state index contributed by atoms with van der Waals surface area (Å²) in [5.74, 6) is 1.90. The van der Waals surface area contributed by atoms with Crippen molar-refractivity contribution in [3.05, 3.63) is 66.0 Å². The number of rotatable bonds is 9. The minimum Gasteiger partial charge on any atom is -0.358 e. The minimum absolute atomic E-state index is 0.0400. The number of benzene rings is 1. The third-order valence-electron chi connectivity index (χ3n) is 6.23. The van der Waals surface area contributed by atoms with Crippen molar-refractivity contribution < 1.29 is 4.79 Å². The second-order valence-corrected chi connectivity index (χ2v) is 9.42. The predicted molar refractivity (Wildman–Crippen MR) is 135 cm³/mol. The molecule has 176 valence electrons. The Labute approximate surface area is 205 Å². The number of aromatic nitrogens is 3. The Morgan fingerprint density at radius 2 is 1.91 bits per heavy atom. The van der Waals surface area contributed by atoms with Crippen LogP contribution >= 0.6 is 11.8 Å². The zero-order valence-electron chi connectivity index (χ0n) is 19.4. The monoisotopic (exact) mass is 474 g/mol. The van der Waals surface area contributed by atoms with Crippen LogP contribution in [0.15, 0.2) is 60.0 Å². The van der Waals surface area contributed by atoms with E-state index in [2.05, 4.69) is 26.7 Å². The number of anilines is 1. The molecule has 0 aliphatic heterocycles. The molecule has 0 spiro atoms. The molecule has 0 radical (unpaired) electrons. The quantitative estimate of drug-likeness (QED) is 0.337. The van der Waals surface area contributed by atoms with Crippen molar-refractivity contribution in [2.24, 2.45) is 5.92 Å². The molecular formula is C26H30N6OS. The fraction of sp³-hybridized carbons (Fsp3) is 0.385. The lowest BCUT2D eigenvalue weighted by Crippen LogP contribution is -2.41. The minimum atomic E-state index is -0.386. The lowest BCUT2D eigenvalue weighted by atomic mass is 9.84. The average molecular weight is 475 g/mol. The first-order chi connectivity index (χ1) is 16.6. The number of nitrogens with zero attached hydrogens (tertiary/aromatic N) is 4. The molecule has 34 heavy (non-hydrogen) atoms. The molecular weight excluding hydrogens is 444 g/mol. The highest BCUT2D eigenvalue weighted by Crippen LogP contribution is 2.28. The maximum absolute atomic E-state index is 13.3. The third-order valence-corrected chi connectivity index (χ3v) is 6.77. The van der Waals surface area contributed by atoms with Crippen LogP contribution in [-0.2, 0) is 11.3 Å². The maximum atomic E-state index is 13.3. The van der Waals surface area contributed by atoms with Crippen molar-refractivity contribution in [3.63, 3.8) is 0 Å². The summed E-state index contributed by atoms with van der Waals surface area (Å²) in [6, 6.07) is 14.8. The molecule has 1 aromatic carbocycles. The summed E-state index contributed by atoms with van der Waals surface area (Å²) in [5.41, 5.74) is 1.57. The molecule has 8 heteroatoms. The van der Waals surface area contributed by atoms with Crippen LogP contribution in [0.4, 0.5) is 5.82 Å². The van der Waals surface area contributed by atoms with E-state index in [1.54, 1.807) is 12.1 Å². The van der Waals surface area contributed by atoms with E-state index >= 15 is 0 Å². The lowest BCUT2D eigenvalue weighted by Gasteiger charge is -2.27. The Bertz CT molecular complexity index is 1120. The second-order valence-electron chi connectivity index (χ2n) is 8.65. The molecule has 1 aliphatic rings. The highest BCUT2D eigenvalue weighted by molar-refractivity contribution is 7.98. The summed E-state index contributed by atoms with van der Waals surface area (Å²) in [6.07, 6.45) is 12.7. The standard InChI is InChI=1S/C26H30N6OS/c1-34-26-30-23(16-24(31-26)32-13-5-6-14-32)29-22(15-19-7-3-2-4-8-19)25(33)28-18-21-11-9-20(17-27)10-12-21/h5-6,9-14,16,19,22H,2-4,7-8,15,18H2,1H3,(H,28,33)(H,29,30,31)/t22-/m1/s1. The molecule has 0 saturated heterocycles. The first kappa shape index (κ1) is 23.8. The van der Waals surface area contributed by atoms with Gasteiger partial charge in [0.05, 0.1) is 11.6 Å². The van der Waals surface area contributed by atoms with Crippen LogP contribution in [0.3, 0.4) is 0 Å². The van der Waals surface area contributed by atoms with Crippen molar-refractivity contribution in [2.45, 2.75) is 56.3 Å². The van der Waals surface area contributed by atoms with E-state index in [4.69, 9.17) is 5.26 Å². The van der Waals surface area contributed by atoms with E-state index in [9.17, 15) is 4.79 Å². The van der Waals surface area contributed by atoms with E-state index < -0.39 is 0 Å². The third kappa shape index (κ3) is 6.39. The smallest absolute Gasteiger partial charge is 0.242 e. The second kappa shape index (κ2) is 11.7. The summed E-state index contributed by atoms with van der Waals surface area (Å²) in [7, 11) is 0. The fourth-order valence-corrected chi connectivity index (χ4v) is 4.75. The summed E-state index contributed by atoms with van der Waals surface area (Å²) in [6.45, 7) is 0.418. The van der Waals surface area contributed by atoms with Crippen LogP contribution in [0.1, 0.15) is 49.7 Å². The molecule has 2 heterocycles. The van der Waals surface area contributed by atoms with Crippen molar-refractivity contribution in [2.75, 3.05) is 11.6 Å². The molecule has 0 bridgehead atoms. The van der Waals surface area contributed by atoms with Crippen LogP contribution in [-0.4, -0.2) is 32.7 Å². The number of carbonyl (C=O) groups is 1. The van der Waals surface area contributed by atoms with Gasteiger partial charge in [0.15, 0.2) is 5.16 Å². The number of carbonyl (C=O) groups excluding carboxylic acids is 1. The van der Waals surface area contributed by atoms with Gasteiger partial charge in [-0.3, -0.25) is 4.79 Å². The summed E-state index contributed by atoms with van der Waals surface area (Å²) in [5, 5.41) is 16.2. The highest BCUT2D eigenvalue weighted by Gasteiger charge is 2.25. The van der Waals surface area contributed by atoms with Crippen molar-refractivity contribution in [1.82, 2.24) is 19.9 Å². The molecule has 7 nitrogen and oxygen atoms in total. The Morgan fingerprint density at radius 1 is 1.18 bits per heavy atom. The molecule has 4 rings (SSSR count). The zero-order chi connectivity index (χ0) is 23.8. The van der Waals surface area contributed by atoms with Gasteiger partial charge in [0, 0.05) is 25.0 Å². The van der Waals surface area contributed by atoms with Gasteiger partial charge in [0.2, 0.25) is 5.91 Å². The average Bonchev–Trinajstić information content (AvgIpc) is 3.43. The van der Waals surface area contributed by atoms with Crippen LogP contribution in [0.2, 0.25) is 0 Å². The summed E-state index contributed by atoms with van der Waals surface area (Å²) in [4.78, 5) is 22.5. The number of hydrogen-bond acceptors (Lipinski definition) is 6. The van der Waals surface area contributed by atoms with Gasteiger partial charge in [-0.05, 0) is 48.4 Å². The predicted octanol–water partition coefficient (Wildman–Crippen LogP) is 4.93. The van der Waals surface area contributed by atoms with Gasteiger partial charge < -0.3 is 15.2 Å². The number of amides is 1. The summed E-state index contributed by atoms with van der Waals surface area (Å²) < 4.78 is 1.94. The number of hydrogen-bond donors (Lipinski definition) is 2. The maximum Gasteiger partial charge on any atom is 0.242 e. The van der Waals surface area contributed by atoms with E-state index in [1.807, 2.05) is 53.5 Å². The van der Waals surface area contributed by atoms with Crippen molar-refractivity contribution in [3.8, 4) is 11.9 Å². The van der Waals surface area contributed by atoms with Gasteiger partial charge in [0.25, 0.3) is 0 Å². The normalized spacial score (nSPS) is 14.8. The Kier molecular flexibility index (Phi) is 8.21. The largest absolute Gasteiger partial charge is 0.358 e. The highest BCUT2D eigenvalue weighted by atomic mass is 32.2. The SMILES string of the molecule is CSc1nc(N[C@H](CC2CCCCC2)C(=O)NCc2ccc(C#N)cc2)cc(-n2cccc2)n1. The molecule has 0 unspecified atom stereocenters. The number of nitriles is 1. The molecule has 1 fully saturated rings. The lowest BCUT2D eigenvalue weighted by molar-refractivity contribution is -0.122. The van der Waals surface area contributed by atoms with E-state index in [0.717, 1.165) is 30.6 Å². The first-order valence-electron chi connectivity index (χ1n) is 11.7. The van der Waals surface area contributed by atoms with Gasteiger partial charge in [-0.2, -0.15) is 5.26 Å². The Morgan fingerprint density at radius 3 is 2.59 bits per heavy atom. The Hall–Kier alpha value is -3.31. The van der Waals surface area contributed by atoms with E-state index in [-0.39, 0.29) is 11.9 Å². The zero-order valence-corrected chi connectivity index (χ0v) is 20.2. The molecule has 2 aromatic heterocycles. The topological polar surface area (TPSA) is 95.6 Å². The molecule has 1 amide bonds. The van der Waals surface area contributed by atoms with Crippen molar-refractivity contribution in [1.29, 1.82) is 5.26 Å². The van der Waals surface area contributed by atoms with Crippen LogP contribution in [0.25, 0.3) is 5.82 Å². The molecule has 3 aromatic rings. The van der Waals surface area contributed by atoms with E-state index in [1.165, 1.54) is 31.0 Å². The molecule has 1 atom stereocenters. The number of nitrogens with one attached hydrogen (secondary N) is 2. The Balaban J connectivity index is 1.51. The van der Waals surface area contributed by atoms with Gasteiger partial charge in [-0.15, -0.1) is 0 Å². The van der Waals surface area contributed by atoms with E-state index in [0.29, 0.717) is 29.0 Å². The van der Waals surface area contributed by atoms with Gasteiger partial charge in [0.1, 0.15) is 17.7 Å². The van der Waals surface area contributed by atoms with Crippen LogP contribution in [0.5, 0.6) is 0 Å². The van der Waals surface area contributed by atoms with Gasteiger partial charge in [-0.1, -0.05) is 56.0 Å². The summed E-state index contributed by atoms with van der Waals surface area (Å²) >= 11 is 1.48. The van der Waals surface area contributed by atoms with Gasteiger partial charge in [-0.25, -0.2) is 9.97 Å². The fourth-order valence-electron chi connectivity index (χ4n) is 4.37. The first-order valence-corrected chi connectivity index (χ1v) is 13.0.